The zero-order valence-corrected chi connectivity index (χ0v) is 19.2. The molecule has 0 heterocycles. The van der Waals surface area contributed by atoms with Crippen LogP contribution in [0.4, 0.5) is 0 Å². The topological polar surface area (TPSA) is 32.7 Å². The molecular weight excluding hydrogens is 346 g/mol. The Hall–Kier alpha value is -1.58. The molecule has 0 bridgehead atoms. The fourth-order valence-corrected chi connectivity index (χ4v) is 3.42. The average molecular weight is 390 g/mol. The van der Waals surface area contributed by atoms with Crippen molar-refractivity contribution in [3.63, 3.8) is 0 Å². The maximum absolute atomic E-state index is 9.50. The number of aliphatic hydroxyl groups is 1. The molecule has 0 aliphatic rings. The van der Waals surface area contributed by atoms with Gasteiger partial charge < -0.3 is 14.7 Å². The lowest BCUT2D eigenvalue weighted by Crippen LogP contribution is -2.37. The van der Waals surface area contributed by atoms with Gasteiger partial charge in [0.1, 0.15) is 5.76 Å². The van der Waals surface area contributed by atoms with Crippen molar-refractivity contribution in [1.82, 2.24) is 4.90 Å². The van der Waals surface area contributed by atoms with Crippen molar-refractivity contribution in [3.05, 3.63) is 59.4 Å². The zero-order valence-electron chi connectivity index (χ0n) is 19.2. The highest BCUT2D eigenvalue weighted by Gasteiger charge is 2.22. The summed E-state index contributed by atoms with van der Waals surface area (Å²) >= 11 is 0. The van der Waals surface area contributed by atoms with E-state index in [2.05, 4.69) is 68.3 Å². The average Bonchev–Trinajstić information content (AvgIpc) is 2.75. The Labute approximate surface area is 174 Å². The molecule has 0 saturated carbocycles. The van der Waals surface area contributed by atoms with Crippen molar-refractivity contribution >= 4 is 0 Å². The molecule has 1 aromatic carbocycles. The molecular formula is C25H43NO2. The molecule has 0 fully saturated rings. The fourth-order valence-electron chi connectivity index (χ4n) is 3.42. The van der Waals surface area contributed by atoms with Crippen LogP contribution in [0.15, 0.2) is 53.8 Å². The normalized spacial score (nSPS) is 14.3. The van der Waals surface area contributed by atoms with E-state index in [0.29, 0.717) is 12.0 Å². The summed E-state index contributed by atoms with van der Waals surface area (Å²) in [6.45, 7) is 11.6. The van der Waals surface area contributed by atoms with Crippen LogP contribution in [0.1, 0.15) is 71.8 Å². The maximum Gasteiger partial charge on any atom is 0.117 e. The number of allylic oxidation sites excluding steroid dienone is 3. The van der Waals surface area contributed by atoms with E-state index in [-0.39, 0.29) is 6.61 Å². The Kier molecular flexibility index (Phi) is 15.5. The summed E-state index contributed by atoms with van der Waals surface area (Å²) in [4.78, 5) is 2.41. The molecule has 3 heteroatoms. The summed E-state index contributed by atoms with van der Waals surface area (Å²) in [6.07, 6.45) is 8.38. The van der Waals surface area contributed by atoms with Crippen molar-refractivity contribution < 1.29 is 9.84 Å². The van der Waals surface area contributed by atoms with Crippen LogP contribution in [0.3, 0.4) is 0 Å². The van der Waals surface area contributed by atoms with E-state index < -0.39 is 0 Å². The first-order valence-corrected chi connectivity index (χ1v) is 10.8. The monoisotopic (exact) mass is 389 g/mol. The minimum atomic E-state index is 0.231. The fraction of sp³-hybridized carbons (Fsp3) is 0.600. The van der Waals surface area contributed by atoms with Crippen LogP contribution in [0, 0.1) is 0 Å². The molecule has 1 N–H and O–H groups in total. The summed E-state index contributed by atoms with van der Waals surface area (Å²) in [6, 6.07) is 11.0. The van der Waals surface area contributed by atoms with Crippen LogP contribution in [-0.2, 0) is 4.74 Å². The first-order valence-electron chi connectivity index (χ1n) is 10.8. The lowest BCUT2D eigenvalue weighted by atomic mass is 9.90. The highest BCUT2D eigenvalue weighted by molar-refractivity contribution is 5.22. The van der Waals surface area contributed by atoms with Gasteiger partial charge in [-0.3, -0.25) is 0 Å². The van der Waals surface area contributed by atoms with Gasteiger partial charge in [0.05, 0.1) is 7.11 Å². The number of nitrogens with zero attached hydrogens (tertiary/aromatic N) is 1. The quantitative estimate of drug-likeness (QED) is 0.264. The number of likely N-dealkylation sites (N-methyl/N-ethyl adjacent to an activating group) is 1. The summed E-state index contributed by atoms with van der Waals surface area (Å²) in [5.41, 5.74) is 2.52. The number of methoxy groups -OCH3 is 1. The van der Waals surface area contributed by atoms with Gasteiger partial charge in [0, 0.05) is 12.6 Å². The van der Waals surface area contributed by atoms with Crippen molar-refractivity contribution in [2.24, 2.45) is 0 Å². The van der Waals surface area contributed by atoms with Crippen molar-refractivity contribution in [3.8, 4) is 0 Å². The minimum absolute atomic E-state index is 0.231. The Bertz CT molecular complexity index is 551. The van der Waals surface area contributed by atoms with Crippen molar-refractivity contribution in [2.75, 3.05) is 27.3 Å². The molecule has 0 amide bonds. The Morgan fingerprint density at radius 1 is 1.18 bits per heavy atom. The highest BCUT2D eigenvalue weighted by atomic mass is 16.5. The first kappa shape index (κ1) is 26.4. The molecule has 0 saturated heterocycles. The maximum atomic E-state index is 9.50. The predicted molar refractivity (Wildman–Crippen MR) is 123 cm³/mol. The van der Waals surface area contributed by atoms with Crippen molar-refractivity contribution in [1.29, 1.82) is 0 Å². The standard InChI is InChI=1S/C23H37NO2.C2H6/c1-6-19(2)23(26-5)15-11-8-12-17-24(4)22(16-18-25)20(3)21-13-9-7-10-14-21;1-2/h6-7,9-10,13-15,20,22,25H,8,11-12,16-18H2,1-5H3;1-2H3/b19-6-,23-15+;/t20-,22?;/m0./s1. The zero-order chi connectivity index (χ0) is 21.4. The van der Waals surface area contributed by atoms with Crippen LogP contribution in [-0.4, -0.2) is 43.4 Å². The van der Waals surface area contributed by atoms with Gasteiger partial charge in [-0.05, 0) is 76.3 Å². The third-order valence-electron chi connectivity index (χ3n) is 5.23. The minimum Gasteiger partial charge on any atom is -0.497 e. The molecule has 0 spiro atoms. The van der Waals surface area contributed by atoms with E-state index >= 15 is 0 Å². The SMILES string of the molecule is C/C=C(C)\C(=C/CCCCN(C)C(CCO)[C@@H](C)c1ccccc1)OC.CC. The van der Waals surface area contributed by atoms with E-state index in [1.807, 2.05) is 20.8 Å². The smallest absolute Gasteiger partial charge is 0.117 e. The summed E-state index contributed by atoms with van der Waals surface area (Å²) in [5, 5.41) is 9.50. The number of aliphatic hydroxyl groups excluding tert-OH is 1. The molecule has 0 aromatic heterocycles. The number of ether oxygens (including phenoxy) is 1. The second kappa shape index (κ2) is 16.4. The molecule has 1 unspecified atom stereocenters. The van der Waals surface area contributed by atoms with Gasteiger partial charge in [-0.2, -0.15) is 0 Å². The van der Waals surface area contributed by atoms with E-state index in [4.69, 9.17) is 4.74 Å². The van der Waals surface area contributed by atoms with E-state index in [0.717, 1.165) is 38.0 Å². The van der Waals surface area contributed by atoms with Gasteiger partial charge in [-0.1, -0.05) is 57.2 Å². The van der Waals surface area contributed by atoms with E-state index in [1.165, 1.54) is 11.1 Å². The predicted octanol–water partition coefficient (Wildman–Crippen LogP) is 6.17. The van der Waals surface area contributed by atoms with Crippen LogP contribution < -0.4 is 0 Å². The van der Waals surface area contributed by atoms with E-state index in [1.54, 1.807) is 7.11 Å². The van der Waals surface area contributed by atoms with Crippen molar-refractivity contribution in [2.45, 2.75) is 72.3 Å². The summed E-state index contributed by atoms with van der Waals surface area (Å²) in [5.74, 6) is 1.39. The second-order valence-electron chi connectivity index (χ2n) is 7.00. The largest absolute Gasteiger partial charge is 0.497 e. The number of rotatable bonds is 12. The highest BCUT2D eigenvalue weighted by Crippen LogP contribution is 2.25. The third kappa shape index (κ3) is 9.57. The molecule has 1 rings (SSSR count). The molecule has 0 aliphatic heterocycles. The second-order valence-corrected chi connectivity index (χ2v) is 7.00. The van der Waals surface area contributed by atoms with Gasteiger partial charge in [-0.25, -0.2) is 0 Å². The van der Waals surface area contributed by atoms with Crippen LogP contribution >= 0.6 is 0 Å². The lowest BCUT2D eigenvalue weighted by Gasteiger charge is -2.33. The van der Waals surface area contributed by atoms with Crippen LogP contribution in [0.5, 0.6) is 0 Å². The van der Waals surface area contributed by atoms with Gasteiger partial charge in [-0.15, -0.1) is 0 Å². The molecule has 160 valence electrons. The summed E-state index contributed by atoms with van der Waals surface area (Å²) < 4.78 is 5.44. The Morgan fingerprint density at radius 3 is 2.36 bits per heavy atom. The summed E-state index contributed by atoms with van der Waals surface area (Å²) in [7, 11) is 3.91. The van der Waals surface area contributed by atoms with Crippen LogP contribution in [0.25, 0.3) is 0 Å². The molecule has 28 heavy (non-hydrogen) atoms. The third-order valence-corrected chi connectivity index (χ3v) is 5.23. The Morgan fingerprint density at radius 2 is 1.82 bits per heavy atom. The van der Waals surface area contributed by atoms with Gasteiger partial charge in [0.25, 0.3) is 0 Å². The van der Waals surface area contributed by atoms with Gasteiger partial charge in [0.2, 0.25) is 0 Å². The Balaban J connectivity index is 0.00000352. The van der Waals surface area contributed by atoms with Gasteiger partial charge in [0.15, 0.2) is 0 Å². The molecule has 2 atom stereocenters. The molecule has 0 radical (unpaired) electrons. The molecule has 0 aliphatic carbocycles. The number of unbranched alkanes of at least 4 members (excludes halogenated alkanes) is 2. The number of hydrogen-bond acceptors (Lipinski definition) is 3. The molecule has 3 nitrogen and oxygen atoms in total. The van der Waals surface area contributed by atoms with Gasteiger partial charge >= 0.3 is 0 Å². The first-order chi connectivity index (χ1) is 13.5. The number of hydrogen-bond donors (Lipinski definition) is 1. The number of benzene rings is 1. The van der Waals surface area contributed by atoms with Crippen LogP contribution in [0.2, 0.25) is 0 Å². The molecule has 1 aromatic rings. The van der Waals surface area contributed by atoms with E-state index in [9.17, 15) is 5.11 Å². The lowest BCUT2D eigenvalue weighted by molar-refractivity contribution is 0.164.